The molecule has 0 heteroatoms. The van der Waals surface area contributed by atoms with Crippen LogP contribution in [0, 0.1) is 18.3 Å². The fourth-order valence-electron chi connectivity index (χ4n) is 2.41. The van der Waals surface area contributed by atoms with E-state index in [2.05, 4.69) is 6.92 Å². The van der Waals surface area contributed by atoms with Crippen LogP contribution in [0.5, 0.6) is 0 Å². The first-order valence-corrected chi connectivity index (χ1v) is 3.64. The molecule has 0 aromatic rings. The van der Waals surface area contributed by atoms with Gasteiger partial charge < -0.3 is 0 Å². The highest BCUT2D eigenvalue weighted by molar-refractivity contribution is 5.00. The molecule has 0 saturated heterocycles. The molecule has 0 spiro atoms. The lowest BCUT2D eigenvalue weighted by atomic mass is 9.68. The maximum absolute atomic E-state index is 3.98. The number of fused-ring (bicyclic) bond motifs is 1. The number of hydrogen-bond acceptors (Lipinski definition) is 0. The summed E-state index contributed by atoms with van der Waals surface area (Å²) in [6.45, 7) is 3.98. The molecular formula is C8H13. The van der Waals surface area contributed by atoms with Gasteiger partial charge in [0.2, 0.25) is 0 Å². The smallest absolute Gasteiger partial charge is 0.0292 e. The number of hydrogen-bond donors (Lipinski definition) is 0. The Morgan fingerprint density at radius 1 is 1.50 bits per heavy atom. The zero-order valence-corrected chi connectivity index (χ0v) is 5.32. The molecule has 8 heavy (non-hydrogen) atoms. The van der Waals surface area contributed by atoms with Gasteiger partial charge in [0.1, 0.15) is 0 Å². The Hall–Kier alpha value is 0. The topological polar surface area (TPSA) is 0 Å². The summed E-state index contributed by atoms with van der Waals surface area (Å²) >= 11 is 0. The second-order valence-electron chi connectivity index (χ2n) is 3.56. The molecule has 3 aliphatic rings. The van der Waals surface area contributed by atoms with Gasteiger partial charge in [-0.2, -0.15) is 0 Å². The van der Waals surface area contributed by atoms with Crippen molar-refractivity contribution in [1.29, 1.82) is 0 Å². The minimum atomic E-state index is 0.769. The van der Waals surface area contributed by atoms with Crippen molar-refractivity contribution in [2.24, 2.45) is 11.3 Å². The van der Waals surface area contributed by atoms with E-state index in [0.29, 0.717) is 0 Å². The Morgan fingerprint density at radius 3 is 2.50 bits per heavy atom. The van der Waals surface area contributed by atoms with Crippen molar-refractivity contribution in [2.75, 3.05) is 0 Å². The van der Waals surface area contributed by atoms with Gasteiger partial charge in [-0.1, -0.05) is 6.92 Å². The Morgan fingerprint density at radius 2 is 2.25 bits per heavy atom. The van der Waals surface area contributed by atoms with Gasteiger partial charge in [-0.3, -0.25) is 0 Å². The van der Waals surface area contributed by atoms with Crippen LogP contribution in [-0.4, -0.2) is 0 Å². The molecule has 0 aromatic carbocycles. The Bertz CT molecular complexity index is 93.1. The molecule has 3 fully saturated rings. The molecule has 1 radical (unpaired) electrons. The van der Waals surface area contributed by atoms with Gasteiger partial charge in [-0.15, -0.1) is 0 Å². The van der Waals surface area contributed by atoms with Crippen molar-refractivity contribution < 1.29 is 0 Å². The van der Waals surface area contributed by atoms with Gasteiger partial charge in [0.25, 0.3) is 0 Å². The molecule has 45 valence electrons. The van der Waals surface area contributed by atoms with E-state index in [1.54, 1.807) is 0 Å². The van der Waals surface area contributed by atoms with Crippen LogP contribution >= 0.6 is 0 Å². The fourth-order valence-corrected chi connectivity index (χ4v) is 2.41. The van der Waals surface area contributed by atoms with E-state index in [4.69, 9.17) is 0 Å². The summed E-state index contributed by atoms with van der Waals surface area (Å²) in [5.41, 5.74) is 0.769. The van der Waals surface area contributed by atoms with E-state index < -0.39 is 0 Å². The first-order valence-electron chi connectivity index (χ1n) is 3.64. The highest BCUT2D eigenvalue weighted by Gasteiger charge is 2.48. The van der Waals surface area contributed by atoms with Crippen molar-refractivity contribution in [2.45, 2.75) is 32.1 Å². The van der Waals surface area contributed by atoms with Gasteiger partial charge >= 0.3 is 0 Å². The summed E-state index contributed by atoms with van der Waals surface area (Å²) in [7, 11) is 0. The molecule has 0 atom stereocenters. The van der Waals surface area contributed by atoms with Crippen LogP contribution in [0.2, 0.25) is 0 Å². The third-order valence-electron chi connectivity index (χ3n) is 3.06. The van der Waals surface area contributed by atoms with E-state index in [-0.39, 0.29) is 0 Å². The predicted molar refractivity (Wildman–Crippen MR) is 34.4 cm³/mol. The summed E-state index contributed by atoms with van der Waals surface area (Å²) in [6.07, 6.45) is 7.22. The molecule has 3 rings (SSSR count). The SMILES string of the molecule is [CH2]CC12CCC(C1)C2. The zero-order valence-electron chi connectivity index (χ0n) is 5.32. The molecule has 3 saturated carbocycles. The third kappa shape index (κ3) is 0.416. The molecule has 0 heterocycles. The predicted octanol–water partition coefficient (Wildman–Crippen LogP) is 2.40. The van der Waals surface area contributed by atoms with Crippen LogP contribution in [0.1, 0.15) is 32.1 Å². The fraction of sp³-hybridized carbons (Fsp3) is 0.875. The lowest BCUT2D eigenvalue weighted by Crippen LogP contribution is -2.26. The van der Waals surface area contributed by atoms with Crippen molar-refractivity contribution in [3.8, 4) is 0 Å². The molecule has 0 amide bonds. The Labute approximate surface area is 51.3 Å². The van der Waals surface area contributed by atoms with Crippen LogP contribution in [0.15, 0.2) is 0 Å². The Balaban J connectivity index is 2.09. The summed E-state index contributed by atoms with van der Waals surface area (Å²) < 4.78 is 0. The third-order valence-corrected chi connectivity index (χ3v) is 3.06. The van der Waals surface area contributed by atoms with Crippen molar-refractivity contribution >= 4 is 0 Å². The molecule has 0 N–H and O–H groups in total. The van der Waals surface area contributed by atoms with Crippen molar-refractivity contribution in [3.63, 3.8) is 0 Å². The molecule has 0 aliphatic heterocycles. The van der Waals surface area contributed by atoms with E-state index in [9.17, 15) is 0 Å². The van der Waals surface area contributed by atoms with Crippen LogP contribution in [0.4, 0.5) is 0 Å². The average Bonchev–Trinajstić information content (AvgIpc) is 2.17. The van der Waals surface area contributed by atoms with E-state index in [1.165, 1.54) is 32.1 Å². The normalized spacial score (nSPS) is 51.4. The highest BCUT2D eigenvalue weighted by Crippen LogP contribution is 2.60. The van der Waals surface area contributed by atoms with Gasteiger partial charge in [-0.25, -0.2) is 0 Å². The van der Waals surface area contributed by atoms with Crippen LogP contribution in [0.3, 0.4) is 0 Å². The first kappa shape index (κ1) is 4.84. The summed E-state index contributed by atoms with van der Waals surface area (Å²) in [4.78, 5) is 0. The lowest BCUT2D eigenvalue weighted by Gasteiger charge is -2.37. The van der Waals surface area contributed by atoms with Gasteiger partial charge in [0.05, 0.1) is 0 Å². The standard InChI is InChI=1S/C8H13/c1-2-8-4-3-7(5-8)6-8/h7H,1-6H2. The van der Waals surface area contributed by atoms with Gasteiger partial charge in [-0.05, 0) is 43.4 Å². The van der Waals surface area contributed by atoms with Gasteiger partial charge in [0.15, 0.2) is 0 Å². The van der Waals surface area contributed by atoms with Crippen molar-refractivity contribution in [3.05, 3.63) is 6.92 Å². The largest absolute Gasteiger partial charge is 0.0528 e. The summed E-state index contributed by atoms with van der Waals surface area (Å²) in [6, 6.07) is 0. The second kappa shape index (κ2) is 1.29. The minimum absolute atomic E-state index is 0.769. The molecular weight excluding hydrogens is 96.1 g/mol. The maximum Gasteiger partial charge on any atom is -0.0292 e. The summed E-state index contributed by atoms with van der Waals surface area (Å²) in [5.74, 6) is 1.12. The average molecular weight is 109 g/mol. The Kier molecular flexibility index (Phi) is 0.778. The van der Waals surface area contributed by atoms with Crippen LogP contribution < -0.4 is 0 Å². The molecule has 0 unspecified atom stereocenters. The van der Waals surface area contributed by atoms with E-state index >= 15 is 0 Å². The minimum Gasteiger partial charge on any atom is -0.0528 e. The molecule has 0 nitrogen and oxygen atoms in total. The highest BCUT2D eigenvalue weighted by atomic mass is 14.5. The van der Waals surface area contributed by atoms with Crippen molar-refractivity contribution in [1.82, 2.24) is 0 Å². The molecule has 3 aliphatic carbocycles. The van der Waals surface area contributed by atoms with Gasteiger partial charge in [0, 0.05) is 0 Å². The second-order valence-corrected chi connectivity index (χ2v) is 3.56. The molecule has 2 bridgehead atoms. The van der Waals surface area contributed by atoms with Crippen LogP contribution in [-0.2, 0) is 0 Å². The first-order chi connectivity index (χ1) is 3.85. The van der Waals surface area contributed by atoms with Crippen LogP contribution in [0.25, 0.3) is 0 Å². The lowest BCUT2D eigenvalue weighted by molar-refractivity contribution is 0.147. The maximum atomic E-state index is 3.98. The van der Waals surface area contributed by atoms with E-state index in [0.717, 1.165) is 11.3 Å². The quantitative estimate of drug-likeness (QED) is 0.485. The summed E-state index contributed by atoms with van der Waals surface area (Å²) in [5, 5.41) is 0. The molecule has 0 aromatic heterocycles. The van der Waals surface area contributed by atoms with E-state index in [1.807, 2.05) is 0 Å². The zero-order chi connectivity index (χ0) is 5.61. The monoisotopic (exact) mass is 109 g/mol. The number of rotatable bonds is 1.